The molecule has 0 amide bonds. The minimum absolute atomic E-state index is 0.0510. The number of hydrogen-bond acceptors (Lipinski definition) is 10. The molecule has 2 aliphatic rings. The Morgan fingerprint density at radius 2 is 1.25 bits per heavy atom. The number of ether oxygens (including phenoxy) is 1. The monoisotopic (exact) mass is 810 g/mol. The first-order chi connectivity index (χ1) is 26.0. The van der Waals surface area contributed by atoms with Gasteiger partial charge in [-0.25, -0.2) is 36.9 Å². The lowest BCUT2D eigenvalue weighted by atomic mass is 9.91. The lowest BCUT2D eigenvalue weighted by Gasteiger charge is -2.35. The second-order valence-electron chi connectivity index (χ2n) is 13.7. The Balaban J connectivity index is 0.000000215. The molecule has 308 valence electrons. The van der Waals surface area contributed by atoms with Crippen molar-refractivity contribution in [3.63, 3.8) is 0 Å². The highest BCUT2D eigenvalue weighted by molar-refractivity contribution is 5.43. The summed E-state index contributed by atoms with van der Waals surface area (Å²) in [7, 11) is 3.21. The van der Waals surface area contributed by atoms with Crippen LogP contribution in [0.3, 0.4) is 0 Å². The Labute approximate surface area is 314 Å². The van der Waals surface area contributed by atoms with E-state index in [0.29, 0.717) is 11.5 Å². The number of nitrogens with one attached hydrogen (secondary N) is 1. The minimum atomic E-state index is -4.61. The number of alkyl halides is 10. The molecule has 22 heteroatoms. The predicted molar refractivity (Wildman–Crippen MR) is 181 cm³/mol. The third kappa shape index (κ3) is 10.8. The van der Waals surface area contributed by atoms with Gasteiger partial charge in [0.25, 0.3) is 11.9 Å². The summed E-state index contributed by atoms with van der Waals surface area (Å²) in [5.74, 6) is -4.91. The number of hydrogen-bond donors (Lipinski definition) is 2. The molecule has 4 aromatic heterocycles. The van der Waals surface area contributed by atoms with Crippen LogP contribution in [-0.2, 0) is 17.1 Å². The normalized spacial score (nSPS) is 18.8. The van der Waals surface area contributed by atoms with Crippen LogP contribution in [0.15, 0.2) is 36.7 Å². The molecule has 2 fully saturated rings. The largest absolute Gasteiger partial charge is 0.435 e. The van der Waals surface area contributed by atoms with Crippen LogP contribution < -0.4 is 10.2 Å². The van der Waals surface area contributed by atoms with Gasteiger partial charge in [0.2, 0.25) is 11.8 Å². The van der Waals surface area contributed by atoms with Crippen molar-refractivity contribution >= 4 is 11.6 Å². The number of aliphatic hydroxyl groups is 1. The van der Waals surface area contributed by atoms with Crippen molar-refractivity contribution in [2.24, 2.45) is 0 Å². The predicted octanol–water partition coefficient (Wildman–Crippen LogP) is 8.13. The highest BCUT2D eigenvalue weighted by Crippen LogP contribution is 2.37. The molecule has 2 N–H and O–H groups in total. The molecule has 0 bridgehead atoms. The van der Waals surface area contributed by atoms with Crippen molar-refractivity contribution in [1.29, 1.82) is 0 Å². The number of nitrogens with zero attached hydrogens (tertiary/aromatic N) is 9. The highest BCUT2D eigenvalue weighted by atomic mass is 19.4. The first-order valence-corrected chi connectivity index (χ1v) is 17.5. The van der Waals surface area contributed by atoms with E-state index < -0.39 is 47.8 Å². The molecule has 2 atom stereocenters. The van der Waals surface area contributed by atoms with Crippen LogP contribution in [0.5, 0.6) is 0 Å². The molecular formula is C34H40F10N10O2. The molecule has 4 heterocycles. The van der Waals surface area contributed by atoms with Gasteiger partial charge in [-0.1, -0.05) is 0 Å². The number of aliphatic hydroxyl groups excluding tert-OH is 1. The van der Waals surface area contributed by atoms with Gasteiger partial charge in [0.1, 0.15) is 11.6 Å². The Hall–Kier alpha value is -4.60. The molecule has 0 spiro atoms. The second-order valence-corrected chi connectivity index (χ2v) is 13.7. The maximum absolute atomic E-state index is 13.5. The molecule has 0 radical (unpaired) electrons. The van der Waals surface area contributed by atoms with Crippen molar-refractivity contribution < 1.29 is 53.7 Å². The Bertz CT molecular complexity index is 1910. The average Bonchev–Trinajstić information content (AvgIpc) is 3.84. The van der Waals surface area contributed by atoms with Gasteiger partial charge in [0.15, 0.2) is 11.4 Å². The van der Waals surface area contributed by atoms with E-state index in [1.807, 2.05) is 0 Å². The first kappa shape index (κ1) is 42.5. The van der Waals surface area contributed by atoms with Gasteiger partial charge in [-0.3, -0.25) is 0 Å². The lowest BCUT2D eigenvalue weighted by Crippen LogP contribution is -2.39. The molecule has 12 nitrogen and oxygen atoms in total. The summed E-state index contributed by atoms with van der Waals surface area (Å²) in [5, 5.41) is 19.7. The molecule has 0 aromatic carbocycles. The molecule has 4 aromatic rings. The molecule has 6 rings (SSSR count). The van der Waals surface area contributed by atoms with Gasteiger partial charge >= 0.3 is 12.4 Å². The van der Waals surface area contributed by atoms with Gasteiger partial charge in [0, 0.05) is 76.5 Å². The standard InChI is InChI=1S/C18H22F5N5O.C16H18F5N5O/c1-11(29-3)13-10-15(27(2)12-4-7-17(19,20)8-5-12)25-16(24-13)28-9-6-14(26-28)18(21,22)23;1-9(27)11-8-13(22-10-2-5-15(17,18)6-3-10)24-14(23-11)26-7-4-12(25-26)16(19,20)21/h6,9-12H,4-5,7-8H2,1-3H3;4,7-10,27H,2-3,5-6H2,1H3,(H,22,23,24). The summed E-state index contributed by atoms with van der Waals surface area (Å²) in [6.45, 7) is 3.18. The van der Waals surface area contributed by atoms with Crippen LogP contribution in [-0.4, -0.2) is 82.7 Å². The fraction of sp³-hybridized carbons (Fsp3) is 0.588. The molecule has 2 unspecified atom stereocenters. The maximum Gasteiger partial charge on any atom is 0.435 e. The fourth-order valence-corrected chi connectivity index (χ4v) is 6.06. The number of aromatic nitrogens is 8. The highest BCUT2D eigenvalue weighted by Gasteiger charge is 2.38. The topological polar surface area (TPSA) is 132 Å². The van der Waals surface area contributed by atoms with Gasteiger partial charge in [-0.2, -0.15) is 46.5 Å². The first-order valence-electron chi connectivity index (χ1n) is 17.5. The second kappa shape index (κ2) is 16.5. The molecule has 0 aliphatic heterocycles. The van der Waals surface area contributed by atoms with Gasteiger partial charge < -0.3 is 20.1 Å². The zero-order valence-electron chi connectivity index (χ0n) is 30.6. The molecule has 2 aliphatic carbocycles. The van der Waals surface area contributed by atoms with E-state index in [-0.39, 0.29) is 86.9 Å². The Kier molecular flexibility index (Phi) is 12.5. The van der Waals surface area contributed by atoms with Crippen molar-refractivity contribution in [2.45, 2.75) is 114 Å². The van der Waals surface area contributed by atoms with E-state index in [9.17, 15) is 49.0 Å². The van der Waals surface area contributed by atoms with E-state index in [1.165, 1.54) is 20.1 Å². The van der Waals surface area contributed by atoms with Crippen molar-refractivity contribution in [3.8, 4) is 11.9 Å². The van der Waals surface area contributed by atoms with Crippen molar-refractivity contribution in [2.75, 3.05) is 24.4 Å². The van der Waals surface area contributed by atoms with Gasteiger partial charge in [-0.15, -0.1) is 0 Å². The summed E-state index contributed by atoms with van der Waals surface area (Å²) >= 11 is 0. The molecule has 56 heavy (non-hydrogen) atoms. The van der Waals surface area contributed by atoms with E-state index in [4.69, 9.17) is 4.74 Å². The quantitative estimate of drug-likeness (QED) is 0.160. The van der Waals surface area contributed by atoms with E-state index >= 15 is 0 Å². The zero-order valence-corrected chi connectivity index (χ0v) is 30.6. The molecule has 0 saturated heterocycles. The number of anilines is 2. The summed E-state index contributed by atoms with van der Waals surface area (Å²) in [6.07, 6.45) is -8.33. The average molecular weight is 811 g/mol. The molecular weight excluding hydrogens is 770 g/mol. The summed E-state index contributed by atoms with van der Waals surface area (Å²) < 4.78 is 137. The maximum atomic E-state index is 13.5. The van der Waals surface area contributed by atoms with Gasteiger partial charge in [0.05, 0.1) is 23.6 Å². The molecule has 2 saturated carbocycles. The zero-order chi connectivity index (χ0) is 41.2. The van der Waals surface area contributed by atoms with Crippen LogP contribution in [0, 0.1) is 0 Å². The Morgan fingerprint density at radius 1 is 0.768 bits per heavy atom. The van der Waals surface area contributed by atoms with Crippen LogP contribution in [0.1, 0.15) is 100 Å². The number of methoxy groups -OCH3 is 1. The van der Waals surface area contributed by atoms with E-state index in [2.05, 4.69) is 35.5 Å². The number of rotatable bonds is 9. The SMILES string of the molecule is CC(O)c1cc(NC2CCC(F)(F)CC2)nc(-n2ccc(C(F)(F)F)n2)n1.COC(C)c1cc(N(C)C2CCC(F)(F)CC2)nc(-n2ccc(C(F)(F)F)n2)n1. The Morgan fingerprint density at radius 3 is 1.71 bits per heavy atom. The lowest BCUT2D eigenvalue weighted by molar-refractivity contribution is -0.142. The van der Waals surface area contributed by atoms with Crippen LogP contribution >= 0.6 is 0 Å². The third-order valence-electron chi connectivity index (χ3n) is 9.49. The van der Waals surface area contributed by atoms with Crippen LogP contribution in [0.25, 0.3) is 11.9 Å². The number of halogens is 10. The van der Waals surface area contributed by atoms with Gasteiger partial charge in [-0.05, 0) is 51.7 Å². The van der Waals surface area contributed by atoms with E-state index in [0.717, 1.165) is 33.9 Å². The van der Waals surface area contributed by atoms with Crippen molar-refractivity contribution in [3.05, 3.63) is 59.4 Å². The summed E-state index contributed by atoms with van der Waals surface area (Å²) in [5.41, 5.74) is -1.54. The van der Waals surface area contributed by atoms with Crippen LogP contribution in [0.2, 0.25) is 0 Å². The van der Waals surface area contributed by atoms with Crippen molar-refractivity contribution in [1.82, 2.24) is 39.5 Å². The third-order valence-corrected chi connectivity index (χ3v) is 9.49. The fourth-order valence-electron chi connectivity index (χ4n) is 6.06. The smallest absolute Gasteiger partial charge is 0.387 e. The minimum Gasteiger partial charge on any atom is -0.387 e. The summed E-state index contributed by atoms with van der Waals surface area (Å²) in [4.78, 5) is 18.5. The van der Waals surface area contributed by atoms with Crippen LogP contribution in [0.4, 0.5) is 55.5 Å². The summed E-state index contributed by atoms with van der Waals surface area (Å²) in [6, 6.07) is 4.30. The van der Waals surface area contributed by atoms with E-state index in [1.54, 1.807) is 24.9 Å².